The van der Waals surface area contributed by atoms with Crippen molar-refractivity contribution in [3.63, 3.8) is 0 Å². The van der Waals surface area contributed by atoms with Crippen molar-refractivity contribution in [1.82, 2.24) is 15.1 Å². The number of nitrogens with two attached hydrogens (primary N) is 1. The fourth-order valence-electron chi connectivity index (χ4n) is 5.92. The molecule has 2 saturated heterocycles. The zero-order valence-electron chi connectivity index (χ0n) is 21.4. The number of anilines is 1. The fourth-order valence-corrected chi connectivity index (χ4v) is 5.92. The Bertz CT molecular complexity index is 844. The van der Waals surface area contributed by atoms with Crippen LogP contribution in [0.3, 0.4) is 0 Å². The highest BCUT2D eigenvalue weighted by atomic mass is 16.5. The van der Waals surface area contributed by atoms with Gasteiger partial charge in [0.25, 0.3) is 0 Å². The van der Waals surface area contributed by atoms with Gasteiger partial charge < -0.3 is 31.1 Å². The van der Waals surface area contributed by atoms with Crippen LogP contribution in [0.1, 0.15) is 64.2 Å². The van der Waals surface area contributed by atoms with Crippen molar-refractivity contribution in [1.29, 1.82) is 0 Å². The number of aliphatic hydroxyl groups excluding tert-OH is 1. The Labute approximate surface area is 214 Å². The highest BCUT2D eigenvalue weighted by Crippen LogP contribution is 2.31. The minimum Gasteiger partial charge on any atom is -0.491 e. The Kier molecular flexibility index (Phi) is 9.45. The number of carbonyl (C=O) groups is 2. The Morgan fingerprint density at radius 3 is 2.28 bits per heavy atom. The van der Waals surface area contributed by atoms with Crippen LogP contribution in [0, 0.1) is 0 Å². The Hall–Kier alpha value is -2.36. The molecule has 0 radical (unpaired) electrons. The predicted molar refractivity (Wildman–Crippen MR) is 140 cm³/mol. The molecule has 2 heterocycles. The van der Waals surface area contributed by atoms with E-state index in [0.717, 1.165) is 51.9 Å². The molecule has 0 aromatic heterocycles. The van der Waals surface area contributed by atoms with Gasteiger partial charge in [-0.15, -0.1) is 0 Å². The van der Waals surface area contributed by atoms with Gasteiger partial charge in [0.15, 0.2) is 0 Å². The average molecular weight is 502 g/mol. The Morgan fingerprint density at radius 2 is 1.64 bits per heavy atom. The maximum Gasteiger partial charge on any atom is 0.319 e. The average Bonchev–Trinajstić information content (AvgIpc) is 2.90. The molecule has 200 valence electrons. The van der Waals surface area contributed by atoms with Crippen LogP contribution in [0.2, 0.25) is 0 Å². The number of carbonyl (C=O) groups excluding carboxylic acids is 2. The normalized spacial score (nSPS) is 22.5. The van der Waals surface area contributed by atoms with E-state index in [9.17, 15) is 14.7 Å². The smallest absolute Gasteiger partial charge is 0.319 e. The number of aliphatic hydroxyl groups is 1. The van der Waals surface area contributed by atoms with Crippen LogP contribution in [-0.4, -0.2) is 83.9 Å². The number of primary amides is 1. The minimum atomic E-state index is -0.639. The quantitative estimate of drug-likeness (QED) is 0.413. The number of piperidine rings is 2. The molecule has 4 rings (SSSR count). The topological polar surface area (TPSA) is 120 Å². The van der Waals surface area contributed by atoms with Gasteiger partial charge in [-0.05, 0) is 75.9 Å². The molecule has 36 heavy (non-hydrogen) atoms. The SMILES string of the molecule is NC(=O)C1(N2CCCCC2)CCN(CC(O)COc2ccc(NC(=O)NC3CCCCC3)cc2)CC1. The minimum absolute atomic E-state index is 0.173. The first-order chi connectivity index (χ1) is 17.4. The van der Waals surface area contributed by atoms with Crippen molar-refractivity contribution in [2.75, 3.05) is 44.6 Å². The molecule has 1 unspecified atom stereocenters. The zero-order chi connectivity index (χ0) is 25.4. The van der Waals surface area contributed by atoms with Gasteiger partial charge in [0.05, 0.1) is 0 Å². The summed E-state index contributed by atoms with van der Waals surface area (Å²) in [6, 6.07) is 7.29. The van der Waals surface area contributed by atoms with Crippen LogP contribution in [0.5, 0.6) is 5.75 Å². The number of likely N-dealkylation sites (tertiary alicyclic amines) is 2. The fraction of sp³-hybridized carbons (Fsp3) is 0.704. The number of β-amino-alcohol motifs (C(OH)–C–C–N with tert-alkyl or cyclic N) is 1. The monoisotopic (exact) mass is 501 g/mol. The highest BCUT2D eigenvalue weighted by molar-refractivity contribution is 5.89. The lowest BCUT2D eigenvalue weighted by atomic mass is 9.83. The number of hydrogen-bond acceptors (Lipinski definition) is 6. The van der Waals surface area contributed by atoms with E-state index in [0.29, 0.717) is 30.8 Å². The van der Waals surface area contributed by atoms with E-state index in [2.05, 4.69) is 20.4 Å². The number of urea groups is 1. The molecule has 2 aliphatic heterocycles. The summed E-state index contributed by atoms with van der Waals surface area (Å²) in [4.78, 5) is 29.1. The zero-order valence-corrected chi connectivity index (χ0v) is 21.4. The maximum atomic E-state index is 12.4. The first-order valence-electron chi connectivity index (χ1n) is 13.7. The molecular formula is C27H43N5O4. The van der Waals surface area contributed by atoms with Gasteiger partial charge in [0.2, 0.25) is 5.91 Å². The molecule has 0 spiro atoms. The van der Waals surface area contributed by atoms with Crippen LogP contribution in [0.25, 0.3) is 0 Å². The van der Waals surface area contributed by atoms with Gasteiger partial charge in [0.1, 0.15) is 24.0 Å². The second kappa shape index (κ2) is 12.7. The van der Waals surface area contributed by atoms with Gasteiger partial charge in [-0.25, -0.2) is 4.79 Å². The number of nitrogens with zero attached hydrogens (tertiary/aromatic N) is 2. The first kappa shape index (κ1) is 26.7. The van der Waals surface area contributed by atoms with Crippen LogP contribution in [0.4, 0.5) is 10.5 Å². The molecule has 3 aliphatic rings. The van der Waals surface area contributed by atoms with E-state index in [1.807, 2.05) is 0 Å². The second-order valence-corrected chi connectivity index (χ2v) is 10.7. The number of rotatable bonds is 9. The molecule has 1 saturated carbocycles. The first-order valence-corrected chi connectivity index (χ1v) is 13.7. The Morgan fingerprint density at radius 1 is 1.00 bits per heavy atom. The molecule has 3 fully saturated rings. The largest absolute Gasteiger partial charge is 0.491 e. The molecular weight excluding hydrogens is 458 g/mol. The molecule has 1 aliphatic carbocycles. The van der Waals surface area contributed by atoms with E-state index in [-0.39, 0.29) is 24.6 Å². The molecule has 1 atom stereocenters. The number of benzene rings is 1. The third kappa shape index (κ3) is 7.11. The van der Waals surface area contributed by atoms with Crippen LogP contribution in [0.15, 0.2) is 24.3 Å². The Balaban J connectivity index is 1.17. The van der Waals surface area contributed by atoms with Crippen LogP contribution < -0.4 is 21.1 Å². The van der Waals surface area contributed by atoms with Gasteiger partial charge in [-0.3, -0.25) is 9.69 Å². The molecule has 9 heteroatoms. The predicted octanol–water partition coefficient (Wildman–Crippen LogP) is 2.69. The third-order valence-electron chi connectivity index (χ3n) is 8.07. The highest BCUT2D eigenvalue weighted by Gasteiger charge is 2.45. The van der Waals surface area contributed by atoms with Gasteiger partial charge in [-0.1, -0.05) is 25.7 Å². The third-order valence-corrected chi connectivity index (χ3v) is 8.07. The summed E-state index contributed by atoms with van der Waals surface area (Å²) in [5.41, 5.74) is 6.04. The molecule has 1 aromatic carbocycles. The molecule has 3 amide bonds. The summed E-state index contributed by atoms with van der Waals surface area (Å²) >= 11 is 0. The van der Waals surface area contributed by atoms with Gasteiger partial charge in [0, 0.05) is 31.4 Å². The summed E-state index contributed by atoms with van der Waals surface area (Å²) < 4.78 is 5.78. The lowest BCUT2D eigenvalue weighted by Crippen LogP contribution is -2.63. The molecule has 0 bridgehead atoms. The van der Waals surface area contributed by atoms with Crippen molar-refractivity contribution >= 4 is 17.6 Å². The van der Waals surface area contributed by atoms with Crippen molar-refractivity contribution < 1.29 is 19.4 Å². The summed E-state index contributed by atoms with van der Waals surface area (Å²) in [6.45, 7) is 4.03. The molecule has 1 aromatic rings. The van der Waals surface area contributed by atoms with Gasteiger partial charge >= 0.3 is 6.03 Å². The number of nitrogens with one attached hydrogen (secondary N) is 2. The number of ether oxygens (including phenoxy) is 1. The van der Waals surface area contributed by atoms with Gasteiger partial charge in [-0.2, -0.15) is 0 Å². The maximum absolute atomic E-state index is 12.4. The summed E-state index contributed by atoms with van der Waals surface area (Å²) in [6.07, 6.45) is 9.94. The molecule has 5 N–H and O–H groups in total. The van der Waals surface area contributed by atoms with E-state index in [4.69, 9.17) is 10.5 Å². The number of hydrogen-bond donors (Lipinski definition) is 4. The summed E-state index contributed by atoms with van der Waals surface area (Å²) in [7, 11) is 0. The summed E-state index contributed by atoms with van der Waals surface area (Å²) in [5.74, 6) is 0.432. The van der Waals surface area contributed by atoms with E-state index >= 15 is 0 Å². The van der Waals surface area contributed by atoms with Crippen molar-refractivity contribution in [3.05, 3.63) is 24.3 Å². The lowest BCUT2D eigenvalue weighted by molar-refractivity contribution is -0.135. The number of amides is 3. The second-order valence-electron chi connectivity index (χ2n) is 10.7. The van der Waals surface area contributed by atoms with Crippen LogP contribution in [-0.2, 0) is 4.79 Å². The van der Waals surface area contributed by atoms with E-state index in [1.54, 1.807) is 24.3 Å². The van der Waals surface area contributed by atoms with E-state index < -0.39 is 11.6 Å². The molecule has 9 nitrogen and oxygen atoms in total. The van der Waals surface area contributed by atoms with E-state index in [1.165, 1.54) is 25.7 Å². The van der Waals surface area contributed by atoms with Crippen molar-refractivity contribution in [3.8, 4) is 5.75 Å². The standard InChI is InChI=1S/C27H43N5O4/c28-25(34)27(32-15-5-2-6-16-32)13-17-31(18-14-27)19-23(33)20-36-24-11-9-22(10-12-24)30-26(35)29-21-7-3-1-4-8-21/h9-12,21,23,33H,1-8,13-20H2,(H2,28,34)(H2,29,30,35). The van der Waals surface area contributed by atoms with Crippen LogP contribution >= 0.6 is 0 Å². The van der Waals surface area contributed by atoms with Crippen molar-refractivity contribution in [2.24, 2.45) is 5.73 Å². The summed E-state index contributed by atoms with van der Waals surface area (Å²) in [5, 5.41) is 16.5. The lowest BCUT2D eigenvalue weighted by Gasteiger charge is -2.48. The van der Waals surface area contributed by atoms with Crippen molar-refractivity contribution in [2.45, 2.75) is 81.9 Å².